The van der Waals surface area contributed by atoms with Crippen LogP contribution in [0.25, 0.3) is 0 Å². The van der Waals surface area contributed by atoms with Crippen molar-refractivity contribution in [3.05, 3.63) is 16.6 Å². The van der Waals surface area contributed by atoms with Crippen molar-refractivity contribution in [2.24, 2.45) is 0 Å². The number of likely N-dealkylation sites (N-methyl/N-ethyl adjacent to an activating group) is 1. The lowest BCUT2D eigenvalue weighted by Crippen LogP contribution is -2.37. The summed E-state index contributed by atoms with van der Waals surface area (Å²) in [4.78, 5) is 17.9. The number of hydrogen-bond acceptors (Lipinski definition) is 5. The molecule has 0 unspecified atom stereocenters. The molecule has 1 aliphatic rings. The molecule has 1 saturated heterocycles. The van der Waals surface area contributed by atoms with E-state index in [4.69, 9.17) is 0 Å². The second kappa shape index (κ2) is 6.30. The molecule has 2 rings (SSSR count). The molecule has 0 aliphatic carbocycles. The number of thiazole rings is 1. The molecule has 0 spiro atoms. The zero-order chi connectivity index (χ0) is 10.7. The first kappa shape index (κ1) is 13.6. The summed E-state index contributed by atoms with van der Waals surface area (Å²) in [6, 6.07) is 0.494. The molecular formula is C10H16ClN3OS. The van der Waals surface area contributed by atoms with Gasteiger partial charge in [-0.05, 0) is 20.0 Å². The van der Waals surface area contributed by atoms with Crippen LogP contribution < -0.4 is 5.32 Å². The Bertz CT molecular complexity index is 325. The van der Waals surface area contributed by atoms with Crippen LogP contribution in [0.4, 0.5) is 0 Å². The van der Waals surface area contributed by atoms with Crippen LogP contribution in [-0.4, -0.2) is 48.4 Å². The van der Waals surface area contributed by atoms with Crippen LogP contribution >= 0.6 is 23.7 Å². The maximum Gasteiger partial charge on any atom is 0.205 e. The number of aromatic nitrogens is 1. The highest BCUT2D eigenvalue weighted by Gasteiger charge is 2.21. The van der Waals surface area contributed by atoms with Gasteiger partial charge in [-0.3, -0.25) is 9.69 Å². The number of hydrogen-bond donors (Lipinski definition) is 1. The molecule has 0 radical (unpaired) electrons. The Morgan fingerprint density at radius 1 is 1.75 bits per heavy atom. The summed E-state index contributed by atoms with van der Waals surface area (Å²) >= 11 is 1.41. The number of nitrogens with zero attached hydrogens (tertiary/aromatic N) is 2. The van der Waals surface area contributed by atoms with Crippen LogP contribution in [0.15, 0.2) is 11.6 Å². The zero-order valence-corrected chi connectivity index (χ0v) is 10.8. The summed E-state index contributed by atoms with van der Waals surface area (Å²) in [5, 5.41) is 5.75. The van der Waals surface area contributed by atoms with Gasteiger partial charge in [0.15, 0.2) is 5.01 Å². The lowest BCUT2D eigenvalue weighted by atomic mass is 10.2. The van der Waals surface area contributed by atoms with Gasteiger partial charge in [-0.25, -0.2) is 4.98 Å². The van der Waals surface area contributed by atoms with Crippen LogP contribution in [0.5, 0.6) is 0 Å². The van der Waals surface area contributed by atoms with Gasteiger partial charge >= 0.3 is 0 Å². The summed E-state index contributed by atoms with van der Waals surface area (Å²) in [7, 11) is 2.00. The summed E-state index contributed by atoms with van der Waals surface area (Å²) in [6.07, 6.45) is 2.80. The fourth-order valence-electron chi connectivity index (χ4n) is 1.80. The van der Waals surface area contributed by atoms with E-state index in [9.17, 15) is 4.79 Å². The monoisotopic (exact) mass is 261 g/mol. The van der Waals surface area contributed by atoms with Crippen molar-refractivity contribution in [2.45, 2.75) is 12.5 Å². The lowest BCUT2D eigenvalue weighted by Gasteiger charge is -2.21. The third-order valence-corrected chi connectivity index (χ3v) is 3.54. The van der Waals surface area contributed by atoms with Gasteiger partial charge in [-0.2, -0.15) is 0 Å². The minimum absolute atomic E-state index is 0. The number of ketones is 1. The van der Waals surface area contributed by atoms with Crippen LogP contribution in [0, 0.1) is 0 Å². The van der Waals surface area contributed by atoms with Gasteiger partial charge in [-0.1, -0.05) is 0 Å². The number of carbonyl (C=O) groups excluding carboxylic acids is 1. The predicted molar refractivity (Wildman–Crippen MR) is 67.6 cm³/mol. The van der Waals surface area contributed by atoms with Crippen LogP contribution in [0.2, 0.25) is 0 Å². The van der Waals surface area contributed by atoms with E-state index < -0.39 is 0 Å². The highest BCUT2D eigenvalue weighted by atomic mass is 35.5. The van der Waals surface area contributed by atoms with E-state index in [1.807, 2.05) is 12.4 Å². The summed E-state index contributed by atoms with van der Waals surface area (Å²) in [5.41, 5.74) is 0. The van der Waals surface area contributed by atoms with Crippen molar-refractivity contribution in [2.75, 3.05) is 26.7 Å². The molecule has 2 heterocycles. The maximum atomic E-state index is 11.8. The molecule has 0 amide bonds. The van der Waals surface area contributed by atoms with Gasteiger partial charge in [-0.15, -0.1) is 23.7 Å². The Kier molecular flexibility index (Phi) is 5.34. The molecule has 4 nitrogen and oxygen atoms in total. The molecular weight excluding hydrogens is 246 g/mol. The number of carbonyl (C=O) groups is 1. The number of rotatable bonds is 4. The molecule has 16 heavy (non-hydrogen) atoms. The van der Waals surface area contributed by atoms with Gasteiger partial charge in [0.25, 0.3) is 0 Å². The minimum Gasteiger partial charge on any atom is -0.315 e. The van der Waals surface area contributed by atoms with Crippen molar-refractivity contribution < 1.29 is 4.79 Å². The molecule has 90 valence electrons. The highest BCUT2D eigenvalue weighted by Crippen LogP contribution is 2.09. The lowest BCUT2D eigenvalue weighted by molar-refractivity contribution is 0.0924. The van der Waals surface area contributed by atoms with Crippen molar-refractivity contribution in [3.63, 3.8) is 0 Å². The largest absolute Gasteiger partial charge is 0.315 e. The van der Waals surface area contributed by atoms with Gasteiger partial charge < -0.3 is 5.32 Å². The fourth-order valence-corrected chi connectivity index (χ4v) is 2.37. The number of halogens is 1. The quantitative estimate of drug-likeness (QED) is 0.823. The first-order valence-corrected chi connectivity index (χ1v) is 5.99. The Balaban J connectivity index is 0.00000128. The SMILES string of the molecule is CN(CC(=O)c1nccs1)[C@@H]1CCNC1.Cl. The van der Waals surface area contributed by atoms with Gasteiger partial charge in [0.05, 0.1) is 6.54 Å². The molecule has 1 aromatic rings. The average molecular weight is 262 g/mol. The summed E-state index contributed by atoms with van der Waals surface area (Å²) in [5.74, 6) is 0.124. The first-order chi connectivity index (χ1) is 7.27. The Morgan fingerprint density at radius 3 is 3.12 bits per heavy atom. The number of nitrogens with one attached hydrogen (secondary N) is 1. The second-order valence-corrected chi connectivity index (χ2v) is 4.72. The molecule has 1 N–H and O–H groups in total. The fraction of sp³-hybridized carbons (Fsp3) is 0.600. The van der Waals surface area contributed by atoms with E-state index in [-0.39, 0.29) is 18.2 Å². The van der Waals surface area contributed by atoms with Gasteiger partial charge in [0.1, 0.15) is 0 Å². The number of Topliss-reactive ketones (excluding diaryl/α,β-unsaturated/α-hetero) is 1. The van der Waals surface area contributed by atoms with Crippen molar-refractivity contribution in [3.8, 4) is 0 Å². The molecule has 0 saturated carbocycles. The third kappa shape index (κ3) is 3.25. The average Bonchev–Trinajstić information content (AvgIpc) is 2.91. The molecule has 1 atom stereocenters. The molecule has 1 aliphatic heterocycles. The van der Waals surface area contributed by atoms with E-state index >= 15 is 0 Å². The Labute approximate surface area is 105 Å². The zero-order valence-electron chi connectivity index (χ0n) is 9.18. The Morgan fingerprint density at radius 2 is 2.56 bits per heavy atom. The van der Waals surface area contributed by atoms with E-state index in [0.29, 0.717) is 17.6 Å². The molecule has 6 heteroatoms. The van der Waals surface area contributed by atoms with E-state index in [0.717, 1.165) is 19.5 Å². The van der Waals surface area contributed by atoms with Crippen molar-refractivity contribution in [1.29, 1.82) is 0 Å². The minimum atomic E-state index is 0. The summed E-state index contributed by atoms with van der Waals surface area (Å²) in [6.45, 7) is 2.52. The molecule has 1 fully saturated rings. The topological polar surface area (TPSA) is 45.2 Å². The maximum absolute atomic E-state index is 11.8. The summed E-state index contributed by atoms with van der Waals surface area (Å²) < 4.78 is 0. The smallest absolute Gasteiger partial charge is 0.205 e. The molecule has 0 bridgehead atoms. The van der Waals surface area contributed by atoms with Crippen LogP contribution in [0.3, 0.4) is 0 Å². The van der Waals surface area contributed by atoms with Crippen molar-refractivity contribution >= 4 is 29.5 Å². The van der Waals surface area contributed by atoms with Crippen LogP contribution in [-0.2, 0) is 0 Å². The molecule has 0 aromatic carbocycles. The third-order valence-electron chi connectivity index (χ3n) is 2.72. The van der Waals surface area contributed by atoms with E-state index in [1.54, 1.807) is 6.20 Å². The van der Waals surface area contributed by atoms with Gasteiger partial charge in [0, 0.05) is 24.2 Å². The second-order valence-electron chi connectivity index (χ2n) is 3.82. The van der Waals surface area contributed by atoms with Crippen LogP contribution in [0.1, 0.15) is 16.2 Å². The van der Waals surface area contributed by atoms with Crippen molar-refractivity contribution in [1.82, 2.24) is 15.2 Å². The van der Waals surface area contributed by atoms with Gasteiger partial charge in [0.2, 0.25) is 5.78 Å². The highest BCUT2D eigenvalue weighted by molar-refractivity contribution is 7.11. The Hall–Kier alpha value is -0.490. The first-order valence-electron chi connectivity index (χ1n) is 5.11. The van der Waals surface area contributed by atoms with E-state index in [1.165, 1.54) is 11.3 Å². The normalized spacial score (nSPS) is 19.8. The standard InChI is InChI=1S/C10H15N3OS.ClH/c1-13(8-2-3-11-6-8)7-9(14)10-12-4-5-15-10;/h4-5,8,11H,2-3,6-7H2,1H3;1H/t8-;/m1./s1. The predicted octanol–water partition coefficient (Wildman–Crippen LogP) is 1.04. The molecule has 1 aromatic heterocycles. The van der Waals surface area contributed by atoms with E-state index in [2.05, 4.69) is 15.2 Å².